The second-order valence-corrected chi connectivity index (χ2v) is 4.18. The average molecular weight is 336 g/mol. The highest BCUT2D eigenvalue weighted by atomic mass is 127. The number of hydrogen-bond donors (Lipinski definition) is 3. The lowest BCUT2D eigenvalue weighted by molar-refractivity contribution is -0.119. The number of carbonyl (C=O) groups excluding carboxylic acids is 1. The molecule has 0 radical (unpaired) electrons. The highest BCUT2D eigenvalue weighted by Gasteiger charge is 2.06. The third-order valence-electron chi connectivity index (χ3n) is 1.79. The van der Waals surface area contributed by atoms with Crippen LogP contribution in [0, 0.1) is 3.57 Å². The summed E-state index contributed by atoms with van der Waals surface area (Å²) in [5, 5.41) is 5.53. The molecule has 0 saturated heterocycles. The minimum absolute atomic E-state index is 0.111. The molecule has 1 amide bonds. The Morgan fingerprint density at radius 1 is 1.62 bits per heavy atom. The molecule has 1 aromatic heterocycles. The first kappa shape index (κ1) is 12.9. The van der Waals surface area contributed by atoms with Crippen LogP contribution in [0.5, 0.6) is 0 Å². The third-order valence-corrected chi connectivity index (χ3v) is 2.79. The number of H-pyrrole nitrogens is 1. The van der Waals surface area contributed by atoms with E-state index in [4.69, 9.17) is 0 Å². The van der Waals surface area contributed by atoms with E-state index in [-0.39, 0.29) is 18.0 Å². The number of nitrogens with zero attached hydrogens (tertiary/aromatic N) is 1. The van der Waals surface area contributed by atoms with Crippen molar-refractivity contribution >= 4 is 34.3 Å². The molecule has 1 heterocycles. The highest BCUT2D eigenvalue weighted by Crippen LogP contribution is 2.07. The molecule has 0 atom stereocenters. The first-order valence-corrected chi connectivity index (χ1v) is 5.96. The van der Waals surface area contributed by atoms with Crippen molar-refractivity contribution in [2.24, 2.45) is 0 Å². The van der Waals surface area contributed by atoms with Crippen molar-refractivity contribution in [3.63, 3.8) is 0 Å². The van der Waals surface area contributed by atoms with Crippen LogP contribution in [0.1, 0.15) is 13.3 Å². The zero-order chi connectivity index (χ0) is 12.0. The van der Waals surface area contributed by atoms with Crippen LogP contribution < -0.4 is 16.2 Å². The molecule has 88 valence electrons. The Balaban J connectivity index is 2.52. The van der Waals surface area contributed by atoms with Gasteiger partial charge in [0.2, 0.25) is 5.91 Å². The van der Waals surface area contributed by atoms with Gasteiger partial charge in [0.1, 0.15) is 9.39 Å². The Labute approximate surface area is 106 Å². The molecule has 0 bridgehead atoms. The predicted octanol–water partition coefficient (Wildman–Crippen LogP) is 0.313. The van der Waals surface area contributed by atoms with Crippen LogP contribution in [0.2, 0.25) is 0 Å². The first-order chi connectivity index (χ1) is 7.65. The molecule has 1 aromatic rings. The van der Waals surface area contributed by atoms with Crippen molar-refractivity contribution in [2.75, 3.05) is 18.4 Å². The van der Waals surface area contributed by atoms with Crippen molar-refractivity contribution in [1.29, 1.82) is 0 Å². The number of halogens is 1. The largest absolute Gasteiger partial charge is 0.360 e. The summed E-state index contributed by atoms with van der Waals surface area (Å²) in [4.78, 5) is 28.9. The number of aromatic amines is 1. The van der Waals surface area contributed by atoms with Crippen LogP contribution in [-0.2, 0) is 4.79 Å². The molecule has 3 N–H and O–H groups in total. The van der Waals surface area contributed by atoms with Gasteiger partial charge in [-0.15, -0.1) is 0 Å². The number of nitrogens with one attached hydrogen (secondary N) is 3. The van der Waals surface area contributed by atoms with E-state index in [1.54, 1.807) is 0 Å². The van der Waals surface area contributed by atoms with Crippen molar-refractivity contribution in [3.8, 4) is 0 Å². The minimum atomic E-state index is -0.216. The van der Waals surface area contributed by atoms with E-state index in [0.29, 0.717) is 15.9 Å². The van der Waals surface area contributed by atoms with E-state index in [9.17, 15) is 9.59 Å². The fourth-order valence-corrected chi connectivity index (χ4v) is 1.48. The van der Waals surface area contributed by atoms with Gasteiger partial charge in [0.05, 0.1) is 12.9 Å². The van der Waals surface area contributed by atoms with Gasteiger partial charge in [-0.25, -0.2) is 4.98 Å². The summed E-state index contributed by atoms with van der Waals surface area (Å²) in [5.74, 6) is 0.315. The SMILES string of the molecule is CCCNC(=O)CNc1nc[nH]c(=O)c1I. The van der Waals surface area contributed by atoms with Crippen molar-refractivity contribution in [2.45, 2.75) is 13.3 Å². The van der Waals surface area contributed by atoms with Gasteiger partial charge in [-0.05, 0) is 29.0 Å². The molecule has 0 aliphatic carbocycles. The van der Waals surface area contributed by atoms with Crippen molar-refractivity contribution in [3.05, 3.63) is 20.3 Å². The maximum Gasteiger partial charge on any atom is 0.266 e. The molecule has 0 aliphatic heterocycles. The lowest BCUT2D eigenvalue weighted by Gasteiger charge is -2.06. The van der Waals surface area contributed by atoms with Gasteiger partial charge in [0.25, 0.3) is 5.56 Å². The van der Waals surface area contributed by atoms with Crippen molar-refractivity contribution < 1.29 is 4.79 Å². The summed E-state index contributed by atoms with van der Waals surface area (Å²) in [7, 11) is 0. The van der Waals surface area contributed by atoms with Crippen LogP contribution in [0.25, 0.3) is 0 Å². The summed E-state index contributed by atoms with van der Waals surface area (Å²) < 4.78 is 0.448. The summed E-state index contributed by atoms with van der Waals surface area (Å²) in [6.07, 6.45) is 2.20. The van der Waals surface area contributed by atoms with Crippen molar-refractivity contribution in [1.82, 2.24) is 15.3 Å². The van der Waals surface area contributed by atoms with Crippen LogP contribution in [0.15, 0.2) is 11.1 Å². The minimum Gasteiger partial charge on any atom is -0.360 e. The van der Waals surface area contributed by atoms with Gasteiger partial charge in [0, 0.05) is 6.54 Å². The number of hydrogen-bond acceptors (Lipinski definition) is 4. The molecule has 16 heavy (non-hydrogen) atoms. The van der Waals surface area contributed by atoms with Gasteiger partial charge in [0.15, 0.2) is 0 Å². The van der Waals surface area contributed by atoms with E-state index in [0.717, 1.165) is 6.42 Å². The standard InChI is InChI=1S/C9H13IN4O2/c1-2-3-11-6(15)4-12-8-7(10)9(16)14-5-13-8/h5H,2-4H2,1H3,(H,11,15)(H2,12,13,14,16). The fraction of sp³-hybridized carbons (Fsp3) is 0.444. The number of aromatic nitrogens is 2. The Morgan fingerprint density at radius 3 is 3.06 bits per heavy atom. The maximum atomic E-state index is 11.3. The van der Waals surface area contributed by atoms with Crippen LogP contribution in [0.4, 0.5) is 5.82 Å². The van der Waals surface area contributed by atoms with Gasteiger partial charge in [-0.3, -0.25) is 9.59 Å². The van der Waals surface area contributed by atoms with Gasteiger partial charge in [-0.1, -0.05) is 6.92 Å². The molecule has 0 aromatic carbocycles. The zero-order valence-electron chi connectivity index (χ0n) is 8.84. The average Bonchev–Trinajstić information content (AvgIpc) is 2.28. The lowest BCUT2D eigenvalue weighted by atomic mass is 10.4. The first-order valence-electron chi connectivity index (χ1n) is 4.89. The molecule has 0 saturated carbocycles. The normalized spacial score (nSPS) is 9.88. The summed E-state index contributed by atoms with van der Waals surface area (Å²) in [6.45, 7) is 2.75. The monoisotopic (exact) mass is 336 g/mol. The lowest BCUT2D eigenvalue weighted by Crippen LogP contribution is -2.31. The van der Waals surface area contributed by atoms with E-state index >= 15 is 0 Å². The quantitative estimate of drug-likeness (QED) is 0.676. The molecule has 0 aliphatic rings. The Morgan fingerprint density at radius 2 is 2.38 bits per heavy atom. The molecule has 6 nitrogen and oxygen atoms in total. The number of rotatable bonds is 5. The Hall–Kier alpha value is -1.12. The highest BCUT2D eigenvalue weighted by molar-refractivity contribution is 14.1. The Kier molecular flexibility index (Phi) is 5.23. The Bertz CT molecular complexity index is 418. The van der Waals surface area contributed by atoms with E-state index in [1.165, 1.54) is 6.33 Å². The second kappa shape index (κ2) is 6.46. The van der Waals surface area contributed by atoms with E-state index in [2.05, 4.69) is 20.6 Å². The summed E-state index contributed by atoms with van der Waals surface area (Å²) in [5.41, 5.74) is -0.216. The molecule has 1 rings (SSSR count). The molecular weight excluding hydrogens is 323 g/mol. The van der Waals surface area contributed by atoms with Gasteiger partial charge >= 0.3 is 0 Å². The number of amides is 1. The molecule has 7 heteroatoms. The molecular formula is C9H13IN4O2. The summed E-state index contributed by atoms with van der Waals surface area (Å²) >= 11 is 1.88. The third kappa shape index (κ3) is 3.80. The number of carbonyl (C=O) groups is 1. The van der Waals surface area contributed by atoms with Gasteiger partial charge < -0.3 is 15.6 Å². The molecule has 0 spiro atoms. The fourth-order valence-electron chi connectivity index (χ4n) is 0.997. The van der Waals surface area contributed by atoms with E-state index < -0.39 is 0 Å². The molecule has 0 fully saturated rings. The predicted molar refractivity (Wildman–Crippen MR) is 69.4 cm³/mol. The molecule has 0 unspecified atom stereocenters. The maximum absolute atomic E-state index is 11.3. The zero-order valence-corrected chi connectivity index (χ0v) is 11.0. The second-order valence-electron chi connectivity index (χ2n) is 3.10. The summed E-state index contributed by atoms with van der Waals surface area (Å²) in [6, 6.07) is 0. The topological polar surface area (TPSA) is 86.9 Å². The van der Waals surface area contributed by atoms with Crippen LogP contribution in [-0.4, -0.2) is 29.0 Å². The van der Waals surface area contributed by atoms with Gasteiger partial charge in [-0.2, -0.15) is 0 Å². The smallest absolute Gasteiger partial charge is 0.266 e. The number of anilines is 1. The van der Waals surface area contributed by atoms with E-state index in [1.807, 2.05) is 29.5 Å². The van der Waals surface area contributed by atoms with Crippen LogP contribution in [0.3, 0.4) is 0 Å². The van der Waals surface area contributed by atoms with Crippen LogP contribution >= 0.6 is 22.6 Å².